The third kappa shape index (κ3) is 3.94. The Morgan fingerprint density at radius 3 is 2.60 bits per heavy atom. The summed E-state index contributed by atoms with van der Waals surface area (Å²) >= 11 is 9.69. The van der Waals surface area contributed by atoms with Crippen molar-refractivity contribution in [1.29, 1.82) is 0 Å². The van der Waals surface area contributed by atoms with Crippen LogP contribution in [0.5, 0.6) is 11.5 Å². The van der Waals surface area contributed by atoms with E-state index in [2.05, 4.69) is 15.9 Å². The van der Waals surface area contributed by atoms with Gasteiger partial charge < -0.3 is 19.4 Å². The molecule has 9 heteroatoms. The molecular weight excluding hydrogens is 538 g/mol. The number of fused-ring (bicyclic) bond motifs is 1. The van der Waals surface area contributed by atoms with Crippen molar-refractivity contribution in [3.05, 3.63) is 98.9 Å². The fraction of sp³-hybridized carbons (Fsp3) is 0.0769. The Bertz CT molecular complexity index is 1540. The second-order valence-electron chi connectivity index (χ2n) is 7.88. The van der Waals surface area contributed by atoms with Crippen LogP contribution in [0.4, 0.5) is 5.69 Å². The normalized spacial score (nSPS) is 15.8. The molecule has 0 saturated heterocycles. The second kappa shape index (κ2) is 8.79. The lowest BCUT2D eigenvalue weighted by molar-refractivity contribution is -0.117. The van der Waals surface area contributed by atoms with Gasteiger partial charge in [0.2, 0.25) is 5.78 Å². The Hall–Kier alpha value is -3.75. The zero-order valence-electron chi connectivity index (χ0n) is 18.2. The molecule has 4 aromatic rings. The molecule has 176 valence electrons. The molecule has 0 aliphatic carbocycles. The molecule has 7 nitrogen and oxygen atoms in total. The number of hydrogen-bond donors (Lipinski definition) is 2. The van der Waals surface area contributed by atoms with E-state index in [0.29, 0.717) is 28.0 Å². The van der Waals surface area contributed by atoms with Gasteiger partial charge in [-0.15, -0.1) is 0 Å². The first kappa shape index (κ1) is 23.0. The van der Waals surface area contributed by atoms with Gasteiger partial charge in [-0.2, -0.15) is 0 Å². The Morgan fingerprint density at radius 2 is 1.89 bits per heavy atom. The van der Waals surface area contributed by atoms with Crippen molar-refractivity contribution >= 4 is 55.9 Å². The van der Waals surface area contributed by atoms with Gasteiger partial charge in [-0.05, 0) is 60.2 Å². The largest absolute Gasteiger partial charge is 0.508 e. The second-order valence-corrected chi connectivity index (χ2v) is 9.20. The Morgan fingerprint density at radius 1 is 1.09 bits per heavy atom. The maximum atomic E-state index is 13.7. The standard InChI is InChI=1S/C26H17BrClNO6/c1-34-20-8-6-16(12-18(20)28)29-23(13-3-2-4-17(30)10-13)22(25(32)26(29)33)24(31)21-11-14-9-15(27)5-7-19(14)35-21/h2-12,23,30,32H,1H3. The molecule has 5 rings (SSSR count). The van der Waals surface area contributed by atoms with Crippen LogP contribution in [0, 0.1) is 0 Å². The molecule has 0 saturated carbocycles. The van der Waals surface area contributed by atoms with Gasteiger partial charge in [0.1, 0.15) is 17.1 Å². The van der Waals surface area contributed by atoms with E-state index in [0.717, 1.165) is 4.47 Å². The number of rotatable bonds is 5. The minimum Gasteiger partial charge on any atom is -0.508 e. The summed E-state index contributed by atoms with van der Waals surface area (Å²) in [5, 5.41) is 21.9. The van der Waals surface area contributed by atoms with E-state index in [-0.39, 0.29) is 22.1 Å². The molecule has 1 unspecified atom stereocenters. The number of benzene rings is 3. The zero-order valence-corrected chi connectivity index (χ0v) is 20.5. The minimum absolute atomic E-state index is 0.0350. The molecule has 35 heavy (non-hydrogen) atoms. The van der Waals surface area contributed by atoms with Gasteiger partial charge in [-0.25, -0.2) is 0 Å². The quantitative estimate of drug-likeness (QED) is 0.279. The summed E-state index contributed by atoms with van der Waals surface area (Å²) in [7, 11) is 1.47. The Kier molecular flexibility index (Phi) is 5.78. The number of carbonyl (C=O) groups is 2. The predicted octanol–water partition coefficient (Wildman–Crippen LogP) is 6.35. The molecule has 1 aromatic heterocycles. The van der Waals surface area contributed by atoms with Gasteiger partial charge in [0.25, 0.3) is 5.91 Å². The number of hydrogen-bond acceptors (Lipinski definition) is 6. The lowest BCUT2D eigenvalue weighted by atomic mass is 9.94. The molecular formula is C26H17BrClNO6. The van der Waals surface area contributed by atoms with Crippen LogP contribution in [0.2, 0.25) is 5.02 Å². The van der Waals surface area contributed by atoms with Gasteiger partial charge in [-0.1, -0.05) is 39.7 Å². The number of halogens is 2. The number of aliphatic hydroxyl groups is 1. The number of phenols is 1. The Labute approximate surface area is 212 Å². The highest BCUT2D eigenvalue weighted by Gasteiger charge is 2.45. The van der Waals surface area contributed by atoms with Crippen LogP contribution < -0.4 is 9.64 Å². The molecule has 0 bridgehead atoms. The van der Waals surface area contributed by atoms with Crippen LogP contribution in [0.3, 0.4) is 0 Å². The topological polar surface area (TPSA) is 100 Å². The summed E-state index contributed by atoms with van der Waals surface area (Å²) in [5.74, 6) is -1.85. The smallest absolute Gasteiger partial charge is 0.294 e. The summed E-state index contributed by atoms with van der Waals surface area (Å²) in [6.07, 6.45) is 0. The first-order valence-electron chi connectivity index (χ1n) is 10.4. The van der Waals surface area contributed by atoms with E-state index in [1.807, 2.05) is 0 Å². The molecule has 2 N–H and O–H groups in total. The van der Waals surface area contributed by atoms with Crippen LogP contribution in [0.15, 0.2) is 87.0 Å². The van der Waals surface area contributed by atoms with Gasteiger partial charge in [0.05, 0.1) is 23.7 Å². The van der Waals surface area contributed by atoms with E-state index >= 15 is 0 Å². The number of methoxy groups -OCH3 is 1. The van der Waals surface area contributed by atoms with Crippen LogP contribution in [0.1, 0.15) is 22.2 Å². The molecule has 2 heterocycles. The van der Waals surface area contributed by atoms with Crippen LogP contribution in [0.25, 0.3) is 11.0 Å². The van der Waals surface area contributed by atoms with Crippen molar-refractivity contribution in [1.82, 2.24) is 0 Å². The van der Waals surface area contributed by atoms with Crippen molar-refractivity contribution in [3.8, 4) is 11.5 Å². The SMILES string of the molecule is COc1ccc(N2C(=O)C(O)=C(C(=O)c3cc4cc(Br)ccc4o3)C2c2cccc(O)c2)cc1Cl. The fourth-order valence-electron chi connectivity index (χ4n) is 4.18. The Balaban J connectivity index is 1.66. The lowest BCUT2D eigenvalue weighted by Crippen LogP contribution is -2.31. The average molecular weight is 555 g/mol. The number of furan rings is 1. The molecule has 1 aliphatic rings. The summed E-state index contributed by atoms with van der Waals surface area (Å²) in [5.41, 5.74) is 1.05. The van der Waals surface area contributed by atoms with Gasteiger partial charge in [0, 0.05) is 15.5 Å². The highest BCUT2D eigenvalue weighted by molar-refractivity contribution is 9.10. The highest BCUT2D eigenvalue weighted by atomic mass is 79.9. The van der Waals surface area contributed by atoms with E-state index < -0.39 is 23.5 Å². The number of aromatic hydroxyl groups is 1. The number of aliphatic hydroxyl groups excluding tert-OH is 1. The summed E-state index contributed by atoms with van der Waals surface area (Å²) in [6.45, 7) is 0. The highest BCUT2D eigenvalue weighted by Crippen LogP contribution is 2.44. The van der Waals surface area contributed by atoms with Crippen LogP contribution in [-0.4, -0.2) is 29.0 Å². The molecule has 1 aliphatic heterocycles. The molecule has 3 aromatic carbocycles. The first-order valence-corrected chi connectivity index (χ1v) is 11.6. The third-order valence-electron chi connectivity index (χ3n) is 5.75. The molecule has 0 radical (unpaired) electrons. The number of Topliss-reactive ketones (excluding diaryl/α,β-unsaturated/α-hetero) is 1. The van der Waals surface area contributed by atoms with E-state index in [9.17, 15) is 19.8 Å². The monoisotopic (exact) mass is 553 g/mol. The van der Waals surface area contributed by atoms with Crippen molar-refractivity contribution in [2.24, 2.45) is 0 Å². The van der Waals surface area contributed by atoms with Crippen molar-refractivity contribution in [2.45, 2.75) is 6.04 Å². The number of nitrogens with zero attached hydrogens (tertiary/aromatic N) is 1. The fourth-order valence-corrected chi connectivity index (χ4v) is 4.81. The predicted molar refractivity (Wildman–Crippen MR) is 134 cm³/mol. The van der Waals surface area contributed by atoms with Gasteiger partial charge in [-0.3, -0.25) is 14.5 Å². The van der Waals surface area contributed by atoms with E-state index in [4.69, 9.17) is 20.8 Å². The van der Waals surface area contributed by atoms with Gasteiger partial charge in [0.15, 0.2) is 11.5 Å². The molecule has 0 fully saturated rings. The third-order valence-corrected chi connectivity index (χ3v) is 6.54. The maximum absolute atomic E-state index is 13.7. The maximum Gasteiger partial charge on any atom is 0.294 e. The van der Waals surface area contributed by atoms with Gasteiger partial charge >= 0.3 is 0 Å². The molecule has 1 atom stereocenters. The summed E-state index contributed by atoms with van der Waals surface area (Å²) in [4.78, 5) is 28.2. The number of anilines is 1. The number of phenolic OH excluding ortho intramolecular Hbond substituents is 1. The van der Waals surface area contributed by atoms with Crippen LogP contribution >= 0.6 is 27.5 Å². The van der Waals surface area contributed by atoms with Crippen molar-refractivity contribution in [2.75, 3.05) is 12.0 Å². The number of carbonyl (C=O) groups excluding carboxylic acids is 2. The average Bonchev–Trinajstić information content (AvgIpc) is 3.37. The molecule has 1 amide bonds. The van der Waals surface area contributed by atoms with Crippen molar-refractivity contribution in [3.63, 3.8) is 0 Å². The molecule has 0 spiro atoms. The number of amides is 1. The minimum atomic E-state index is -1.05. The lowest BCUT2D eigenvalue weighted by Gasteiger charge is -2.27. The summed E-state index contributed by atoms with van der Waals surface area (Å²) < 4.78 is 11.7. The van der Waals surface area contributed by atoms with E-state index in [1.165, 1.54) is 30.2 Å². The number of ether oxygens (including phenoxy) is 1. The zero-order chi connectivity index (χ0) is 24.9. The van der Waals surface area contributed by atoms with Crippen LogP contribution in [-0.2, 0) is 4.79 Å². The first-order chi connectivity index (χ1) is 16.8. The van der Waals surface area contributed by atoms with Crippen molar-refractivity contribution < 1.29 is 29.0 Å². The van der Waals surface area contributed by atoms with E-state index in [1.54, 1.807) is 48.5 Å². The number of ketones is 1. The summed E-state index contributed by atoms with van der Waals surface area (Å²) in [6, 6.07) is 16.6.